The first-order chi connectivity index (χ1) is 9.02. The lowest BCUT2D eigenvalue weighted by Crippen LogP contribution is -2.05. The maximum atomic E-state index is 6.10. The first-order valence-electron chi connectivity index (χ1n) is 5.72. The molecule has 2 heterocycles. The van der Waals surface area contributed by atoms with E-state index in [0.717, 1.165) is 17.0 Å². The Kier molecular flexibility index (Phi) is 4.17. The number of nitrogens with zero attached hydrogens (tertiary/aromatic N) is 2. The van der Waals surface area contributed by atoms with Crippen LogP contribution < -0.4 is 10.6 Å². The molecule has 0 bridgehead atoms. The topological polar surface area (TPSA) is 63.0 Å². The second-order valence-corrected chi connectivity index (χ2v) is 4.87. The number of halogens is 2. The lowest BCUT2D eigenvalue weighted by Gasteiger charge is -2.10. The number of pyridine rings is 1. The molecule has 0 aromatic carbocycles. The number of rotatable bonds is 4. The van der Waals surface area contributed by atoms with Gasteiger partial charge < -0.3 is 15.2 Å². The maximum Gasteiger partial charge on any atom is 0.147 e. The molecule has 102 valence electrons. The summed E-state index contributed by atoms with van der Waals surface area (Å²) in [6, 6.07) is 1.65. The summed E-state index contributed by atoms with van der Waals surface area (Å²) < 4.78 is 5.10. The summed E-state index contributed by atoms with van der Waals surface area (Å²) in [4.78, 5) is 4.31. The van der Waals surface area contributed by atoms with Crippen molar-refractivity contribution in [3.63, 3.8) is 0 Å². The molecule has 0 saturated carbocycles. The quantitative estimate of drug-likeness (QED) is 0.902. The van der Waals surface area contributed by atoms with Crippen LogP contribution >= 0.6 is 23.2 Å². The third kappa shape index (κ3) is 2.93. The van der Waals surface area contributed by atoms with Gasteiger partial charge in [-0.25, -0.2) is 4.98 Å². The van der Waals surface area contributed by atoms with Gasteiger partial charge in [0.2, 0.25) is 0 Å². The first-order valence-corrected chi connectivity index (χ1v) is 6.48. The van der Waals surface area contributed by atoms with Crippen molar-refractivity contribution in [3.05, 3.63) is 33.1 Å². The van der Waals surface area contributed by atoms with E-state index in [2.05, 4.69) is 20.8 Å². The molecular weight excluding hydrogens is 287 g/mol. The standard InChI is InChI=1S/C12H14Cl2N4O/c1-6-8(7(2)19-18-6)5-16-12-10(14)4-9(13)11(15-3)17-12/h4H,5H2,1-3H3,(H2,15,16,17). The summed E-state index contributed by atoms with van der Waals surface area (Å²) in [5, 5.41) is 10.9. The van der Waals surface area contributed by atoms with Crippen LogP contribution in [0.5, 0.6) is 0 Å². The van der Waals surface area contributed by atoms with Gasteiger partial charge >= 0.3 is 0 Å². The molecule has 0 amide bonds. The second-order valence-electron chi connectivity index (χ2n) is 4.06. The summed E-state index contributed by atoms with van der Waals surface area (Å²) in [6.45, 7) is 4.30. The first kappa shape index (κ1) is 14.0. The fourth-order valence-electron chi connectivity index (χ4n) is 1.69. The van der Waals surface area contributed by atoms with Crippen LogP contribution in [0.3, 0.4) is 0 Å². The molecule has 5 nitrogen and oxygen atoms in total. The van der Waals surface area contributed by atoms with Crippen molar-refractivity contribution in [3.8, 4) is 0 Å². The number of hydrogen-bond acceptors (Lipinski definition) is 5. The van der Waals surface area contributed by atoms with Crippen molar-refractivity contribution in [2.45, 2.75) is 20.4 Å². The minimum atomic E-state index is 0.468. The highest BCUT2D eigenvalue weighted by atomic mass is 35.5. The van der Waals surface area contributed by atoms with E-state index < -0.39 is 0 Å². The molecule has 0 aliphatic heterocycles. The zero-order valence-electron chi connectivity index (χ0n) is 10.8. The average molecular weight is 301 g/mol. The van der Waals surface area contributed by atoms with Crippen molar-refractivity contribution in [1.29, 1.82) is 0 Å². The SMILES string of the molecule is CNc1nc(NCc2c(C)noc2C)c(Cl)cc1Cl. The molecule has 0 aliphatic rings. The Morgan fingerprint density at radius 1 is 1.21 bits per heavy atom. The summed E-state index contributed by atoms with van der Waals surface area (Å²) in [5.74, 6) is 1.92. The van der Waals surface area contributed by atoms with Crippen LogP contribution in [0.2, 0.25) is 10.0 Å². The molecule has 0 unspecified atom stereocenters. The molecule has 0 spiro atoms. The molecule has 0 aliphatic carbocycles. The molecule has 2 rings (SSSR count). The summed E-state index contributed by atoms with van der Waals surface area (Å²) >= 11 is 12.1. The van der Waals surface area contributed by atoms with Crippen LogP contribution in [-0.4, -0.2) is 17.2 Å². The fourth-order valence-corrected chi connectivity index (χ4v) is 2.21. The van der Waals surface area contributed by atoms with Crippen molar-refractivity contribution in [2.75, 3.05) is 17.7 Å². The lowest BCUT2D eigenvalue weighted by atomic mass is 10.2. The fraction of sp³-hybridized carbons (Fsp3) is 0.333. The number of anilines is 2. The molecule has 0 saturated heterocycles. The highest BCUT2D eigenvalue weighted by Gasteiger charge is 2.12. The molecule has 2 aromatic heterocycles. The number of hydrogen-bond donors (Lipinski definition) is 2. The Bertz CT molecular complexity index is 578. The van der Waals surface area contributed by atoms with Gasteiger partial charge in [-0.3, -0.25) is 0 Å². The smallest absolute Gasteiger partial charge is 0.147 e. The maximum absolute atomic E-state index is 6.10. The zero-order valence-corrected chi connectivity index (χ0v) is 12.4. The van der Waals surface area contributed by atoms with Gasteiger partial charge in [-0.05, 0) is 19.9 Å². The Hall–Kier alpha value is -1.46. The van der Waals surface area contributed by atoms with Crippen molar-refractivity contribution in [1.82, 2.24) is 10.1 Å². The van der Waals surface area contributed by atoms with Crippen molar-refractivity contribution >= 4 is 34.8 Å². The van der Waals surface area contributed by atoms with Crippen LogP contribution in [0.25, 0.3) is 0 Å². The van der Waals surface area contributed by atoms with Gasteiger partial charge in [0.15, 0.2) is 0 Å². The third-order valence-electron chi connectivity index (χ3n) is 2.78. The molecule has 0 fully saturated rings. The minimum Gasteiger partial charge on any atom is -0.372 e. The Morgan fingerprint density at radius 2 is 1.89 bits per heavy atom. The highest BCUT2D eigenvalue weighted by molar-refractivity contribution is 6.37. The molecule has 19 heavy (non-hydrogen) atoms. The number of aromatic nitrogens is 2. The largest absolute Gasteiger partial charge is 0.372 e. The average Bonchev–Trinajstić information content (AvgIpc) is 2.68. The monoisotopic (exact) mass is 300 g/mol. The number of nitrogens with one attached hydrogen (secondary N) is 2. The van der Waals surface area contributed by atoms with Gasteiger partial charge in [0, 0.05) is 19.2 Å². The van der Waals surface area contributed by atoms with Crippen LogP contribution in [-0.2, 0) is 6.54 Å². The van der Waals surface area contributed by atoms with Gasteiger partial charge in [0.1, 0.15) is 17.4 Å². The Morgan fingerprint density at radius 3 is 2.47 bits per heavy atom. The Labute approximate surface area is 121 Å². The third-order valence-corrected chi connectivity index (χ3v) is 3.36. The normalized spacial score (nSPS) is 10.6. The van der Waals surface area contributed by atoms with Gasteiger partial charge in [-0.2, -0.15) is 0 Å². The summed E-state index contributed by atoms with van der Waals surface area (Å²) in [5.41, 5.74) is 1.85. The van der Waals surface area contributed by atoms with Gasteiger partial charge in [-0.1, -0.05) is 28.4 Å². The predicted molar refractivity (Wildman–Crippen MR) is 77.1 cm³/mol. The van der Waals surface area contributed by atoms with Gasteiger partial charge in [0.05, 0.1) is 15.7 Å². The van der Waals surface area contributed by atoms with Crippen molar-refractivity contribution in [2.24, 2.45) is 0 Å². The molecular formula is C12H14Cl2N4O. The summed E-state index contributed by atoms with van der Waals surface area (Å²) in [7, 11) is 1.75. The van der Waals surface area contributed by atoms with Crippen LogP contribution in [0.1, 0.15) is 17.0 Å². The highest BCUT2D eigenvalue weighted by Crippen LogP contribution is 2.29. The minimum absolute atomic E-state index is 0.468. The summed E-state index contributed by atoms with van der Waals surface area (Å²) in [6.07, 6.45) is 0. The molecule has 0 radical (unpaired) electrons. The van der Waals surface area contributed by atoms with Crippen molar-refractivity contribution < 1.29 is 4.52 Å². The van der Waals surface area contributed by atoms with E-state index in [9.17, 15) is 0 Å². The second kappa shape index (κ2) is 5.67. The van der Waals surface area contributed by atoms with Crippen LogP contribution in [0.4, 0.5) is 11.6 Å². The van der Waals surface area contributed by atoms with Crippen LogP contribution in [0.15, 0.2) is 10.6 Å². The predicted octanol–water partition coefficient (Wildman–Crippen LogP) is 3.65. The van der Waals surface area contributed by atoms with E-state index in [4.69, 9.17) is 27.7 Å². The van der Waals surface area contributed by atoms with E-state index in [1.165, 1.54) is 0 Å². The Balaban J connectivity index is 2.20. The number of aryl methyl sites for hydroxylation is 2. The van der Waals surface area contributed by atoms with Crippen LogP contribution in [0, 0.1) is 13.8 Å². The van der Waals surface area contributed by atoms with E-state index in [1.807, 2.05) is 13.8 Å². The van der Waals surface area contributed by atoms with E-state index in [-0.39, 0.29) is 0 Å². The molecule has 2 aromatic rings. The van der Waals surface area contributed by atoms with E-state index >= 15 is 0 Å². The molecule has 7 heteroatoms. The molecule has 2 N–H and O–H groups in total. The zero-order chi connectivity index (χ0) is 14.0. The van der Waals surface area contributed by atoms with E-state index in [0.29, 0.717) is 28.2 Å². The van der Waals surface area contributed by atoms with Gasteiger partial charge in [-0.15, -0.1) is 0 Å². The van der Waals surface area contributed by atoms with Gasteiger partial charge in [0.25, 0.3) is 0 Å². The lowest BCUT2D eigenvalue weighted by molar-refractivity contribution is 0.392. The molecule has 0 atom stereocenters. The van der Waals surface area contributed by atoms with E-state index in [1.54, 1.807) is 13.1 Å².